The van der Waals surface area contributed by atoms with E-state index in [1.807, 2.05) is 0 Å². The van der Waals surface area contributed by atoms with E-state index in [0.29, 0.717) is 16.8 Å². The zero-order valence-corrected chi connectivity index (χ0v) is 18.8. The highest BCUT2D eigenvalue weighted by atomic mass is 19.4. The molecular formula is C24H21F4N5O2. The number of benzene rings is 2. The number of fused-ring (bicyclic) bond motifs is 1. The van der Waals surface area contributed by atoms with Gasteiger partial charge in [-0.15, -0.1) is 5.10 Å². The number of aliphatic hydroxyl groups is 1. The van der Waals surface area contributed by atoms with Crippen LogP contribution in [0.15, 0.2) is 59.9 Å². The summed E-state index contributed by atoms with van der Waals surface area (Å²) in [7, 11) is 0. The number of hydrogen-bond donors (Lipinski definition) is 2. The molecule has 0 amide bonds. The molecular weight excluding hydrogens is 466 g/mol. The van der Waals surface area contributed by atoms with Crippen LogP contribution in [0.25, 0.3) is 22.0 Å². The minimum absolute atomic E-state index is 0.0749. The van der Waals surface area contributed by atoms with Gasteiger partial charge in [-0.05, 0) is 54.3 Å². The van der Waals surface area contributed by atoms with Gasteiger partial charge in [-0.1, -0.05) is 41.6 Å². The first-order chi connectivity index (χ1) is 16.6. The van der Waals surface area contributed by atoms with Gasteiger partial charge in [0.1, 0.15) is 17.2 Å². The lowest BCUT2D eigenvalue weighted by atomic mass is 9.96. The fraction of sp³-hybridized carbons (Fsp3) is 0.250. The van der Waals surface area contributed by atoms with Crippen LogP contribution in [-0.2, 0) is 12.1 Å². The summed E-state index contributed by atoms with van der Waals surface area (Å²) >= 11 is 0. The Morgan fingerprint density at radius 2 is 1.80 bits per heavy atom. The quantitative estimate of drug-likeness (QED) is 0.172. The van der Waals surface area contributed by atoms with Gasteiger partial charge in [0.05, 0.1) is 24.0 Å². The highest BCUT2D eigenvalue weighted by molar-refractivity contribution is 6.03. The number of halogens is 4. The molecule has 0 aliphatic heterocycles. The van der Waals surface area contributed by atoms with Crippen molar-refractivity contribution in [1.82, 2.24) is 20.0 Å². The summed E-state index contributed by atoms with van der Waals surface area (Å²) in [6.07, 6.45) is -4.43. The van der Waals surface area contributed by atoms with Crippen molar-refractivity contribution >= 4 is 16.6 Å². The fourth-order valence-electron chi connectivity index (χ4n) is 3.76. The maximum Gasteiger partial charge on any atom is 0.423 e. The van der Waals surface area contributed by atoms with Crippen molar-refractivity contribution in [3.05, 3.63) is 77.5 Å². The molecule has 0 spiro atoms. The van der Waals surface area contributed by atoms with Gasteiger partial charge in [0.15, 0.2) is 0 Å². The number of aromatic nitrogens is 4. The summed E-state index contributed by atoms with van der Waals surface area (Å²) in [5.41, 5.74) is -0.341. The van der Waals surface area contributed by atoms with Crippen LogP contribution < -0.4 is 0 Å². The molecule has 2 aromatic carbocycles. The molecule has 4 aromatic rings. The third-order valence-electron chi connectivity index (χ3n) is 5.84. The van der Waals surface area contributed by atoms with E-state index >= 15 is 0 Å². The van der Waals surface area contributed by atoms with Crippen LogP contribution in [0.3, 0.4) is 0 Å². The van der Waals surface area contributed by atoms with Crippen molar-refractivity contribution < 1.29 is 27.9 Å². The summed E-state index contributed by atoms with van der Waals surface area (Å²) in [5, 5.41) is 30.6. The first-order valence-electron chi connectivity index (χ1n) is 10.6. The van der Waals surface area contributed by atoms with Gasteiger partial charge in [-0.2, -0.15) is 13.2 Å². The van der Waals surface area contributed by atoms with Gasteiger partial charge >= 0.3 is 6.18 Å². The highest BCUT2D eigenvalue weighted by Crippen LogP contribution is 2.40. The summed E-state index contributed by atoms with van der Waals surface area (Å²) in [5.74, 6) is -0.379. The number of nitrogens with zero attached hydrogens (tertiary/aromatic N) is 5. The van der Waals surface area contributed by atoms with Crippen LogP contribution in [0, 0.1) is 5.82 Å². The molecule has 0 bridgehead atoms. The van der Waals surface area contributed by atoms with E-state index in [4.69, 9.17) is 0 Å². The normalized spacial score (nSPS) is 14.3. The molecule has 182 valence electrons. The maximum atomic E-state index is 13.4. The second-order valence-corrected chi connectivity index (χ2v) is 8.11. The van der Waals surface area contributed by atoms with Crippen LogP contribution in [-0.4, -0.2) is 42.2 Å². The summed E-state index contributed by atoms with van der Waals surface area (Å²) in [4.78, 5) is 4.54. The van der Waals surface area contributed by atoms with E-state index in [1.54, 1.807) is 43.3 Å². The van der Waals surface area contributed by atoms with Gasteiger partial charge in [0.25, 0.3) is 0 Å². The molecule has 11 heteroatoms. The Balaban J connectivity index is 1.75. The van der Waals surface area contributed by atoms with Gasteiger partial charge in [0, 0.05) is 5.39 Å². The predicted octanol–water partition coefficient (Wildman–Crippen LogP) is 5.04. The lowest BCUT2D eigenvalue weighted by Gasteiger charge is -2.26. The number of oxime groups is 1. The topological polar surface area (TPSA) is 96.4 Å². The van der Waals surface area contributed by atoms with E-state index in [-0.39, 0.29) is 18.1 Å². The standard InChI is InChI=1S/C24H21F4N5O2/c1-3-23(34,24(26,27)28)22-13-33(32-30-22)12-15-4-9-18-19(16-5-7-17(25)8-6-16)11-20(14(2)31-35)29-21(18)10-15/h4-11,13,34-35H,3,12H2,1-2H3/b31-14-. The molecule has 1 atom stereocenters. The molecule has 0 aliphatic rings. The fourth-order valence-corrected chi connectivity index (χ4v) is 3.76. The molecule has 0 radical (unpaired) electrons. The smallest absolute Gasteiger partial charge is 0.411 e. The lowest BCUT2D eigenvalue weighted by Crippen LogP contribution is -2.42. The van der Waals surface area contributed by atoms with Gasteiger partial charge in [0.2, 0.25) is 5.60 Å². The van der Waals surface area contributed by atoms with Crippen molar-refractivity contribution in [2.45, 2.75) is 38.6 Å². The number of rotatable bonds is 6. The largest absolute Gasteiger partial charge is 0.423 e. The van der Waals surface area contributed by atoms with Crippen LogP contribution in [0.2, 0.25) is 0 Å². The second-order valence-electron chi connectivity index (χ2n) is 8.11. The SMILES string of the molecule is CCC(O)(c1cn(Cc2ccc3c(-c4ccc(F)cc4)cc(/C(C)=N\O)nc3c2)nn1)C(F)(F)F. The molecule has 2 aromatic heterocycles. The number of pyridine rings is 1. The van der Waals surface area contributed by atoms with Crippen LogP contribution in [0.4, 0.5) is 17.6 Å². The Morgan fingerprint density at radius 1 is 1.09 bits per heavy atom. The van der Waals surface area contributed by atoms with E-state index in [2.05, 4.69) is 20.5 Å². The van der Waals surface area contributed by atoms with Crippen molar-refractivity contribution in [3.8, 4) is 11.1 Å². The Morgan fingerprint density at radius 3 is 2.43 bits per heavy atom. The van der Waals surface area contributed by atoms with Crippen molar-refractivity contribution in [2.24, 2.45) is 5.16 Å². The van der Waals surface area contributed by atoms with E-state index < -0.39 is 23.9 Å². The van der Waals surface area contributed by atoms with Crippen LogP contribution >= 0.6 is 0 Å². The minimum atomic E-state index is -4.89. The van der Waals surface area contributed by atoms with E-state index in [1.165, 1.54) is 23.7 Å². The minimum Gasteiger partial charge on any atom is -0.411 e. The second kappa shape index (κ2) is 9.06. The summed E-state index contributed by atoms with van der Waals surface area (Å²) < 4.78 is 54.7. The van der Waals surface area contributed by atoms with Gasteiger partial charge in [-0.25, -0.2) is 14.1 Å². The molecule has 1 unspecified atom stereocenters. The molecule has 4 rings (SSSR count). The highest BCUT2D eigenvalue weighted by Gasteiger charge is 2.55. The Labute approximate surface area is 197 Å². The van der Waals surface area contributed by atoms with Crippen molar-refractivity contribution in [2.75, 3.05) is 0 Å². The number of hydrogen-bond acceptors (Lipinski definition) is 6. The van der Waals surface area contributed by atoms with E-state index in [9.17, 15) is 27.9 Å². The van der Waals surface area contributed by atoms with E-state index in [0.717, 1.165) is 22.7 Å². The van der Waals surface area contributed by atoms with Crippen molar-refractivity contribution in [1.29, 1.82) is 0 Å². The average molecular weight is 487 g/mol. The molecule has 0 saturated carbocycles. The third kappa shape index (κ3) is 4.59. The zero-order chi connectivity index (χ0) is 25.4. The summed E-state index contributed by atoms with van der Waals surface area (Å²) in [6.45, 7) is 2.87. The van der Waals surface area contributed by atoms with Gasteiger partial charge in [-0.3, -0.25) is 0 Å². The van der Waals surface area contributed by atoms with Crippen LogP contribution in [0.5, 0.6) is 0 Å². The molecule has 0 fully saturated rings. The Bertz CT molecular complexity index is 1400. The molecule has 0 saturated heterocycles. The molecule has 35 heavy (non-hydrogen) atoms. The predicted molar refractivity (Wildman–Crippen MR) is 121 cm³/mol. The maximum absolute atomic E-state index is 13.4. The van der Waals surface area contributed by atoms with Crippen LogP contribution in [0.1, 0.15) is 37.2 Å². The molecule has 2 N–H and O–H groups in total. The molecule has 0 aliphatic carbocycles. The summed E-state index contributed by atoms with van der Waals surface area (Å²) in [6, 6.07) is 12.9. The first-order valence-corrected chi connectivity index (χ1v) is 10.6. The molecule has 2 heterocycles. The molecule has 7 nitrogen and oxygen atoms in total. The zero-order valence-electron chi connectivity index (χ0n) is 18.8. The lowest BCUT2D eigenvalue weighted by molar-refractivity contribution is -0.269. The van der Waals surface area contributed by atoms with Crippen molar-refractivity contribution in [3.63, 3.8) is 0 Å². The Kier molecular flexibility index (Phi) is 6.28. The first kappa shape index (κ1) is 24.3. The number of alkyl halides is 3. The average Bonchev–Trinajstić information content (AvgIpc) is 3.30. The Hall–Kier alpha value is -3.86. The van der Waals surface area contributed by atoms with Gasteiger partial charge < -0.3 is 10.3 Å². The third-order valence-corrected chi connectivity index (χ3v) is 5.84. The monoisotopic (exact) mass is 487 g/mol.